The third-order valence-corrected chi connectivity index (χ3v) is 18.8. The number of aliphatic hydroxyl groups excluding tert-OH is 1. The molecule has 0 aromatic heterocycles. The van der Waals surface area contributed by atoms with Crippen molar-refractivity contribution in [1.82, 2.24) is 0 Å². The van der Waals surface area contributed by atoms with E-state index in [9.17, 15) is 43.2 Å². The molecule has 540 valence electrons. The van der Waals surface area contributed by atoms with Crippen LogP contribution in [0.25, 0.3) is 0 Å². The minimum Gasteiger partial charge on any atom is -0.462 e. The van der Waals surface area contributed by atoms with Crippen LogP contribution < -0.4 is 0 Å². The van der Waals surface area contributed by atoms with E-state index in [0.717, 1.165) is 114 Å². The van der Waals surface area contributed by atoms with Crippen LogP contribution in [0.3, 0.4) is 0 Å². The number of hydrogen-bond acceptors (Lipinski definition) is 15. The zero-order valence-electron chi connectivity index (χ0n) is 59.5. The van der Waals surface area contributed by atoms with Crippen LogP contribution in [0.1, 0.15) is 357 Å². The lowest BCUT2D eigenvalue weighted by atomic mass is 10.00. The zero-order chi connectivity index (χ0) is 67.5. The first-order valence-corrected chi connectivity index (χ1v) is 40.2. The molecule has 0 rings (SSSR count). The van der Waals surface area contributed by atoms with Gasteiger partial charge in [-0.2, -0.15) is 0 Å². The lowest BCUT2D eigenvalue weighted by Crippen LogP contribution is -2.30. The Bertz CT molecular complexity index is 1800. The van der Waals surface area contributed by atoms with Crippen LogP contribution in [-0.2, 0) is 65.4 Å². The van der Waals surface area contributed by atoms with Gasteiger partial charge in [-0.15, -0.1) is 0 Å². The Morgan fingerprint density at radius 1 is 0.308 bits per heavy atom. The Hall–Kier alpha value is -1.94. The SMILES string of the molecule is CCC(C)CCCCCCCCC(=O)O[C@H](COC(=O)CCCCCCCCC(C)C)COP(=O)(O)OC[C@H](O)COP(=O)(O)OC[C@@H](COC(=O)CCCCCCCCCCCCCC(C)C)OC(=O)CCCCCCCCCCCCCCCCCC(C)C. The van der Waals surface area contributed by atoms with Crippen molar-refractivity contribution >= 4 is 39.5 Å². The minimum atomic E-state index is -4.95. The third-order valence-electron chi connectivity index (χ3n) is 16.9. The highest BCUT2D eigenvalue weighted by atomic mass is 31.2. The molecule has 0 heterocycles. The van der Waals surface area contributed by atoms with E-state index in [1.807, 2.05) is 0 Å². The van der Waals surface area contributed by atoms with Crippen LogP contribution in [0.5, 0.6) is 0 Å². The summed E-state index contributed by atoms with van der Waals surface area (Å²) in [6, 6.07) is 0. The zero-order valence-corrected chi connectivity index (χ0v) is 61.3. The van der Waals surface area contributed by atoms with Crippen molar-refractivity contribution in [2.45, 2.75) is 375 Å². The van der Waals surface area contributed by atoms with Gasteiger partial charge in [-0.3, -0.25) is 37.3 Å². The number of unbranched alkanes of at least 4 members (excludes halogenated alkanes) is 34. The molecule has 3 N–H and O–H groups in total. The van der Waals surface area contributed by atoms with Crippen LogP contribution in [0.4, 0.5) is 0 Å². The number of aliphatic hydroxyl groups is 1. The number of ether oxygens (including phenoxy) is 4. The van der Waals surface area contributed by atoms with Crippen molar-refractivity contribution < 1.29 is 80.2 Å². The van der Waals surface area contributed by atoms with Gasteiger partial charge in [0.15, 0.2) is 12.2 Å². The summed E-state index contributed by atoms with van der Waals surface area (Å²) in [5, 5.41) is 10.6. The second kappa shape index (κ2) is 61.6. The van der Waals surface area contributed by atoms with Gasteiger partial charge < -0.3 is 33.8 Å². The summed E-state index contributed by atoms with van der Waals surface area (Å²) in [5.74, 6) is 0.842. The summed E-state index contributed by atoms with van der Waals surface area (Å²) in [6.07, 6.45) is 44.7. The summed E-state index contributed by atoms with van der Waals surface area (Å²) in [7, 11) is -9.90. The fourth-order valence-electron chi connectivity index (χ4n) is 10.8. The quantitative estimate of drug-likeness (QED) is 0.0222. The molecule has 0 saturated carbocycles. The summed E-state index contributed by atoms with van der Waals surface area (Å²) in [5.41, 5.74) is 0. The maximum atomic E-state index is 13.0. The van der Waals surface area contributed by atoms with Gasteiger partial charge in [0.05, 0.1) is 26.4 Å². The predicted octanol–water partition coefficient (Wildman–Crippen LogP) is 20.5. The summed E-state index contributed by atoms with van der Waals surface area (Å²) in [6.45, 7) is 14.1. The van der Waals surface area contributed by atoms with Crippen LogP contribution in [0, 0.1) is 23.7 Å². The summed E-state index contributed by atoms with van der Waals surface area (Å²) in [4.78, 5) is 72.6. The Labute approximate surface area is 556 Å². The number of carbonyl (C=O) groups excluding carboxylic acids is 4. The Morgan fingerprint density at radius 3 is 0.780 bits per heavy atom. The van der Waals surface area contributed by atoms with Gasteiger partial charge in [0.25, 0.3) is 0 Å². The second-order valence-corrected chi connectivity index (χ2v) is 30.6. The largest absolute Gasteiger partial charge is 0.472 e. The van der Waals surface area contributed by atoms with Gasteiger partial charge in [0.1, 0.15) is 19.3 Å². The number of hydrogen-bond donors (Lipinski definition) is 3. The number of rotatable bonds is 69. The van der Waals surface area contributed by atoms with Gasteiger partial charge in [-0.1, -0.05) is 306 Å². The first kappa shape index (κ1) is 89.1. The van der Waals surface area contributed by atoms with Gasteiger partial charge in [0, 0.05) is 25.7 Å². The molecule has 0 aliphatic rings. The van der Waals surface area contributed by atoms with Crippen molar-refractivity contribution in [3.05, 3.63) is 0 Å². The Morgan fingerprint density at radius 2 is 0.527 bits per heavy atom. The monoisotopic (exact) mass is 1340 g/mol. The molecule has 0 saturated heterocycles. The topological polar surface area (TPSA) is 237 Å². The van der Waals surface area contributed by atoms with Crippen molar-refractivity contribution in [3.63, 3.8) is 0 Å². The molecule has 0 spiro atoms. The average Bonchev–Trinajstić information content (AvgIpc) is 3.05. The lowest BCUT2D eigenvalue weighted by Gasteiger charge is -2.21. The van der Waals surface area contributed by atoms with Crippen LogP contribution in [0.15, 0.2) is 0 Å². The number of carbonyl (C=O) groups is 4. The first-order valence-electron chi connectivity index (χ1n) is 37.2. The van der Waals surface area contributed by atoms with Crippen molar-refractivity contribution in [3.8, 4) is 0 Å². The molecule has 6 atom stereocenters. The highest BCUT2D eigenvalue weighted by molar-refractivity contribution is 7.47. The molecule has 0 aliphatic carbocycles. The fourth-order valence-corrected chi connectivity index (χ4v) is 12.4. The lowest BCUT2D eigenvalue weighted by molar-refractivity contribution is -0.161. The molecule has 0 aromatic rings. The average molecular weight is 1340 g/mol. The summed E-state index contributed by atoms with van der Waals surface area (Å²) < 4.78 is 68.3. The highest BCUT2D eigenvalue weighted by Gasteiger charge is 2.30. The van der Waals surface area contributed by atoms with Gasteiger partial charge in [0.2, 0.25) is 0 Å². The van der Waals surface area contributed by atoms with Gasteiger partial charge in [-0.25, -0.2) is 9.13 Å². The van der Waals surface area contributed by atoms with Crippen LogP contribution in [-0.4, -0.2) is 96.7 Å². The van der Waals surface area contributed by atoms with Crippen molar-refractivity contribution in [2.24, 2.45) is 23.7 Å². The maximum absolute atomic E-state index is 13.0. The van der Waals surface area contributed by atoms with E-state index < -0.39 is 97.5 Å². The van der Waals surface area contributed by atoms with Crippen LogP contribution in [0.2, 0.25) is 0 Å². The highest BCUT2D eigenvalue weighted by Crippen LogP contribution is 2.45. The second-order valence-electron chi connectivity index (χ2n) is 27.6. The van der Waals surface area contributed by atoms with E-state index in [4.69, 9.17) is 37.0 Å². The fraction of sp³-hybridized carbons (Fsp3) is 0.944. The van der Waals surface area contributed by atoms with Crippen molar-refractivity contribution in [1.29, 1.82) is 0 Å². The Balaban J connectivity index is 5.23. The van der Waals surface area contributed by atoms with E-state index in [-0.39, 0.29) is 25.7 Å². The minimum absolute atomic E-state index is 0.102. The van der Waals surface area contributed by atoms with Crippen molar-refractivity contribution in [2.75, 3.05) is 39.6 Å². The predicted molar refractivity (Wildman–Crippen MR) is 367 cm³/mol. The number of phosphoric acid groups is 2. The molecule has 91 heavy (non-hydrogen) atoms. The van der Waals surface area contributed by atoms with E-state index >= 15 is 0 Å². The molecule has 0 bridgehead atoms. The molecule has 0 amide bonds. The molecule has 0 aliphatic heterocycles. The standard InChI is InChI=1S/C72H140O17P2/c1-9-65(8)51-43-35-29-31-39-47-55-72(77)89-68(59-83-70(75)53-45-37-30-28-34-42-50-64(6)7)61-87-91(80,81)85-57-66(73)56-84-90(78,79)86-60-67(58-82-69(74)52-44-36-26-22-19-15-17-21-25-33-41-49-63(4)5)88-71(76)54-46-38-27-23-18-14-12-10-11-13-16-20-24-32-40-48-62(2)3/h62-68,73H,9-61H2,1-8H3,(H,78,79)(H,80,81)/t65?,66-,67-,68-/m1/s1. The van der Waals surface area contributed by atoms with Crippen LogP contribution >= 0.6 is 15.6 Å². The third kappa shape index (κ3) is 65.1. The van der Waals surface area contributed by atoms with E-state index in [1.54, 1.807) is 0 Å². The Kier molecular flexibility index (Phi) is 60.3. The normalized spacial score (nSPS) is 14.5. The van der Waals surface area contributed by atoms with E-state index in [1.165, 1.54) is 154 Å². The van der Waals surface area contributed by atoms with Gasteiger partial charge in [-0.05, 0) is 49.4 Å². The molecular weight excluding hydrogens is 1200 g/mol. The molecule has 19 heteroatoms. The van der Waals surface area contributed by atoms with E-state index in [0.29, 0.717) is 31.6 Å². The molecule has 0 radical (unpaired) electrons. The molecular formula is C72H140O17P2. The molecule has 0 fully saturated rings. The van der Waals surface area contributed by atoms with E-state index in [2.05, 4.69) is 55.4 Å². The molecule has 3 unspecified atom stereocenters. The number of esters is 4. The smallest absolute Gasteiger partial charge is 0.462 e. The number of phosphoric ester groups is 2. The van der Waals surface area contributed by atoms with Gasteiger partial charge >= 0.3 is 39.5 Å². The molecule has 0 aromatic carbocycles. The maximum Gasteiger partial charge on any atom is 0.472 e. The molecule has 17 nitrogen and oxygen atoms in total. The first-order chi connectivity index (χ1) is 43.6. The summed E-state index contributed by atoms with van der Waals surface area (Å²) >= 11 is 0.